The van der Waals surface area contributed by atoms with E-state index in [1.807, 2.05) is 0 Å². The van der Waals surface area contributed by atoms with E-state index in [0.29, 0.717) is 0 Å². The lowest BCUT2D eigenvalue weighted by atomic mass is 10.3. The van der Waals surface area contributed by atoms with Crippen LogP contribution in [0, 0.1) is 11.6 Å². The molecule has 0 aliphatic heterocycles. The molecule has 0 fully saturated rings. The highest BCUT2D eigenvalue weighted by molar-refractivity contribution is 7.33. The van der Waals surface area contributed by atoms with Gasteiger partial charge in [-0.25, -0.2) is 8.91 Å². The number of benzene rings is 1. The van der Waals surface area contributed by atoms with E-state index in [2.05, 4.69) is 4.52 Å². The van der Waals surface area contributed by atoms with Gasteiger partial charge in [-0.15, -0.1) is 0 Å². The van der Waals surface area contributed by atoms with Crippen molar-refractivity contribution < 1.29 is 22.1 Å². The Balaban J connectivity index is 3.00. The van der Waals surface area contributed by atoms with E-state index >= 15 is 0 Å². The molecule has 1 unspecified atom stereocenters. The molecule has 0 spiro atoms. The number of hydrogen-bond acceptors (Lipinski definition) is 2. The molecule has 0 radical (unpaired) electrons. The maximum absolute atomic E-state index is 12.6. The highest BCUT2D eigenvalue weighted by atomic mass is 31.2. The summed E-state index contributed by atoms with van der Waals surface area (Å²) in [6, 6.07) is 2.94. The van der Waals surface area contributed by atoms with Gasteiger partial charge in [-0.2, -0.15) is 4.39 Å². The van der Waals surface area contributed by atoms with Crippen LogP contribution in [0.5, 0.6) is 5.75 Å². The van der Waals surface area contributed by atoms with Crippen molar-refractivity contribution >= 4 is 8.34 Å². The molecular formula is C6H3F3O2P+. The zero-order valence-corrected chi connectivity index (χ0v) is 6.52. The third-order valence-electron chi connectivity index (χ3n) is 1.09. The summed E-state index contributed by atoms with van der Waals surface area (Å²) in [6.45, 7) is 0. The SMILES string of the molecule is O=[P+](F)Oc1cccc(F)c1F. The number of rotatable bonds is 2. The fourth-order valence-corrected chi connectivity index (χ4v) is 0.927. The van der Waals surface area contributed by atoms with E-state index in [1.165, 1.54) is 0 Å². The molecule has 0 aliphatic rings. The minimum Gasteiger partial charge on any atom is -0.222 e. The average Bonchev–Trinajstić information content (AvgIpc) is 1.98. The van der Waals surface area contributed by atoms with Gasteiger partial charge in [0.1, 0.15) is 0 Å². The molecule has 0 saturated carbocycles. The molecule has 64 valence electrons. The smallest absolute Gasteiger partial charge is 0.222 e. The fourth-order valence-electron chi connectivity index (χ4n) is 0.632. The zero-order valence-electron chi connectivity index (χ0n) is 5.63. The number of hydrogen-bond donors (Lipinski definition) is 0. The Bertz CT molecular complexity index is 316. The predicted molar refractivity (Wildman–Crippen MR) is 35.7 cm³/mol. The van der Waals surface area contributed by atoms with Gasteiger partial charge >= 0.3 is 8.34 Å². The second kappa shape index (κ2) is 3.54. The summed E-state index contributed by atoms with van der Waals surface area (Å²) in [7, 11) is -3.46. The van der Waals surface area contributed by atoms with E-state index in [1.54, 1.807) is 0 Å². The summed E-state index contributed by atoms with van der Waals surface area (Å²) in [4.78, 5) is 0. The predicted octanol–water partition coefficient (Wildman–Crippen LogP) is 2.97. The third kappa shape index (κ3) is 1.95. The molecule has 0 amide bonds. The molecule has 0 aliphatic carbocycles. The van der Waals surface area contributed by atoms with Gasteiger partial charge in [-0.3, -0.25) is 0 Å². The first-order chi connectivity index (χ1) is 5.61. The van der Waals surface area contributed by atoms with Crippen molar-refractivity contribution in [2.75, 3.05) is 0 Å². The van der Waals surface area contributed by atoms with Crippen LogP contribution < -0.4 is 4.52 Å². The highest BCUT2D eigenvalue weighted by Crippen LogP contribution is 2.30. The van der Waals surface area contributed by atoms with E-state index < -0.39 is 25.7 Å². The van der Waals surface area contributed by atoms with Crippen LogP contribution in [0.2, 0.25) is 0 Å². The lowest BCUT2D eigenvalue weighted by Crippen LogP contribution is -1.87. The molecule has 0 bridgehead atoms. The molecule has 1 aromatic carbocycles. The van der Waals surface area contributed by atoms with Crippen molar-refractivity contribution in [3.05, 3.63) is 29.8 Å². The van der Waals surface area contributed by atoms with Gasteiger partial charge < -0.3 is 0 Å². The topological polar surface area (TPSA) is 26.3 Å². The van der Waals surface area contributed by atoms with Gasteiger partial charge in [0, 0.05) is 4.57 Å². The van der Waals surface area contributed by atoms with Crippen LogP contribution in [0.1, 0.15) is 0 Å². The molecule has 0 heterocycles. The van der Waals surface area contributed by atoms with Crippen molar-refractivity contribution in [1.29, 1.82) is 0 Å². The number of halogens is 3. The maximum atomic E-state index is 12.6. The molecule has 0 aromatic heterocycles. The van der Waals surface area contributed by atoms with Gasteiger partial charge in [0.2, 0.25) is 11.6 Å². The molecule has 0 saturated heterocycles. The Morgan fingerprint density at radius 3 is 2.58 bits per heavy atom. The summed E-state index contributed by atoms with van der Waals surface area (Å²) in [5, 5.41) is 0. The normalized spacial score (nSPS) is 11.1. The second-order valence-corrected chi connectivity index (χ2v) is 2.46. The van der Waals surface area contributed by atoms with Gasteiger partial charge in [-0.1, -0.05) is 6.07 Å². The van der Waals surface area contributed by atoms with Crippen molar-refractivity contribution in [3.8, 4) is 5.75 Å². The first-order valence-electron chi connectivity index (χ1n) is 2.86. The van der Waals surface area contributed by atoms with E-state index in [0.717, 1.165) is 18.2 Å². The molecule has 1 rings (SSSR count). The van der Waals surface area contributed by atoms with E-state index in [-0.39, 0.29) is 0 Å². The fraction of sp³-hybridized carbons (Fsp3) is 0. The van der Waals surface area contributed by atoms with E-state index in [9.17, 15) is 17.5 Å². The summed E-state index contributed by atoms with van der Waals surface area (Å²) in [5.41, 5.74) is 0. The van der Waals surface area contributed by atoms with Crippen LogP contribution in [0.3, 0.4) is 0 Å². The van der Waals surface area contributed by atoms with Crippen LogP contribution in [0.25, 0.3) is 0 Å². The summed E-state index contributed by atoms with van der Waals surface area (Å²) < 4.78 is 50.3. The first kappa shape index (κ1) is 9.00. The minimum absolute atomic E-state index is 0.696. The summed E-state index contributed by atoms with van der Waals surface area (Å²) in [5.74, 6) is -3.22. The van der Waals surface area contributed by atoms with Crippen LogP contribution in [0.4, 0.5) is 13.0 Å². The lowest BCUT2D eigenvalue weighted by Gasteiger charge is -1.93. The Kier molecular flexibility index (Phi) is 2.65. The molecule has 1 atom stereocenters. The Hall–Kier alpha value is -1.09. The average molecular weight is 195 g/mol. The van der Waals surface area contributed by atoms with Crippen LogP contribution in [-0.2, 0) is 4.57 Å². The molecule has 2 nitrogen and oxygen atoms in total. The van der Waals surface area contributed by atoms with Crippen LogP contribution in [0.15, 0.2) is 18.2 Å². The first-order valence-corrected chi connectivity index (χ1v) is 3.93. The van der Waals surface area contributed by atoms with Gasteiger partial charge in [0.05, 0.1) is 4.20 Å². The van der Waals surface area contributed by atoms with Gasteiger partial charge in [0.15, 0.2) is 5.82 Å². The van der Waals surface area contributed by atoms with Crippen molar-refractivity contribution in [1.82, 2.24) is 0 Å². The third-order valence-corrected chi connectivity index (χ3v) is 1.43. The lowest BCUT2D eigenvalue weighted by molar-refractivity contribution is 0.426. The molecule has 0 N–H and O–H groups in total. The standard InChI is InChI=1S/C6H3F3O2P/c7-4-2-1-3-5(6(4)8)11-12(9)10/h1-3H/q+1. The molecule has 12 heavy (non-hydrogen) atoms. The summed E-state index contributed by atoms with van der Waals surface area (Å²) >= 11 is 0. The van der Waals surface area contributed by atoms with Crippen molar-refractivity contribution in [2.45, 2.75) is 0 Å². The maximum Gasteiger partial charge on any atom is 0.800 e. The Morgan fingerprint density at radius 2 is 2.00 bits per heavy atom. The quantitative estimate of drug-likeness (QED) is 0.678. The van der Waals surface area contributed by atoms with Crippen LogP contribution in [-0.4, -0.2) is 0 Å². The molecular weight excluding hydrogens is 192 g/mol. The van der Waals surface area contributed by atoms with Crippen molar-refractivity contribution in [2.24, 2.45) is 0 Å². The minimum atomic E-state index is -3.46. The Labute approximate surface area is 67.0 Å². The molecule has 1 aromatic rings. The van der Waals surface area contributed by atoms with Gasteiger partial charge in [0.25, 0.3) is 0 Å². The van der Waals surface area contributed by atoms with Crippen molar-refractivity contribution in [3.63, 3.8) is 0 Å². The Morgan fingerprint density at radius 1 is 1.33 bits per heavy atom. The molecule has 6 heteroatoms. The largest absolute Gasteiger partial charge is 0.800 e. The summed E-state index contributed by atoms with van der Waals surface area (Å²) in [6.07, 6.45) is 0. The van der Waals surface area contributed by atoms with Gasteiger partial charge in [-0.05, 0) is 12.1 Å². The second-order valence-electron chi connectivity index (χ2n) is 1.86. The zero-order chi connectivity index (χ0) is 9.14. The monoisotopic (exact) mass is 195 g/mol. The van der Waals surface area contributed by atoms with Crippen LogP contribution >= 0.6 is 8.34 Å². The van der Waals surface area contributed by atoms with E-state index in [4.69, 9.17) is 0 Å². The highest BCUT2D eigenvalue weighted by Gasteiger charge is 2.22.